The lowest BCUT2D eigenvalue weighted by Gasteiger charge is -2.34. The molecule has 0 unspecified atom stereocenters. The van der Waals surface area contributed by atoms with Crippen LogP contribution in [0.5, 0.6) is 0 Å². The molecule has 0 bridgehead atoms. The molecule has 0 amide bonds. The topological polar surface area (TPSA) is 65.0 Å². The number of benzene rings is 9. The highest BCUT2D eigenvalue weighted by molar-refractivity contribution is 6.07. The van der Waals surface area contributed by atoms with E-state index in [0.717, 1.165) is 71.7 Å². The maximum Gasteiger partial charge on any atom is 0.164 e. The molecule has 3 aromatic heterocycles. The summed E-state index contributed by atoms with van der Waals surface area (Å²) in [6.45, 7) is 0. The van der Waals surface area contributed by atoms with Gasteiger partial charge in [0.2, 0.25) is 0 Å². The lowest BCUT2D eigenvalue weighted by Crippen LogP contribution is -2.28. The fourth-order valence-corrected chi connectivity index (χ4v) is 9.93. The van der Waals surface area contributed by atoms with Crippen LogP contribution in [0.25, 0.3) is 100 Å². The summed E-state index contributed by atoms with van der Waals surface area (Å²) in [6, 6.07) is 74.7. The van der Waals surface area contributed by atoms with Crippen molar-refractivity contribution < 1.29 is 8.83 Å². The van der Waals surface area contributed by atoms with Crippen LogP contribution in [0.3, 0.4) is 0 Å². The molecule has 0 saturated heterocycles. The second-order valence-corrected chi connectivity index (χ2v) is 16.3. The van der Waals surface area contributed by atoms with Gasteiger partial charge in [-0.05, 0) is 80.9 Å². The van der Waals surface area contributed by atoms with Gasteiger partial charge in [0.15, 0.2) is 17.5 Å². The van der Waals surface area contributed by atoms with Gasteiger partial charge in [0.25, 0.3) is 0 Å². The van der Waals surface area contributed by atoms with Crippen LogP contribution >= 0.6 is 0 Å². The molecule has 0 saturated carbocycles. The lowest BCUT2D eigenvalue weighted by atomic mass is 9.67. The zero-order valence-corrected chi connectivity index (χ0v) is 33.9. The predicted octanol–water partition coefficient (Wildman–Crippen LogP) is 14.7. The van der Waals surface area contributed by atoms with Crippen molar-refractivity contribution in [2.75, 3.05) is 0 Å². The Hall–Kier alpha value is -8.41. The lowest BCUT2D eigenvalue weighted by molar-refractivity contribution is 0.665. The highest BCUT2D eigenvalue weighted by Gasteiger charge is 2.46. The molecule has 294 valence electrons. The van der Waals surface area contributed by atoms with Crippen LogP contribution < -0.4 is 0 Å². The van der Waals surface area contributed by atoms with Gasteiger partial charge in [0.05, 0.1) is 5.41 Å². The third kappa shape index (κ3) is 5.46. The predicted molar refractivity (Wildman–Crippen MR) is 253 cm³/mol. The molecule has 1 aliphatic carbocycles. The van der Waals surface area contributed by atoms with Gasteiger partial charge in [0, 0.05) is 38.2 Å². The fraction of sp³-hybridized carbons (Fsp3) is 0.0172. The van der Waals surface area contributed by atoms with E-state index >= 15 is 0 Å². The Kier molecular flexibility index (Phi) is 7.75. The monoisotopic (exact) mass is 805 g/mol. The third-order valence-corrected chi connectivity index (χ3v) is 12.8. The largest absolute Gasteiger partial charge is 0.456 e. The summed E-state index contributed by atoms with van der Waals surface area (Å²) < 4.78 is 13.1. The van der Waals surface area contributed by atoms with E-state index in [2.05, 4.69) is 133 Å². The smallest absolute Gasteiger partial charge is 0.164 e. The Morgan fingerprint density at radius 2 is 0.714 bits per heavy atom. The highest BCUT2D eigenvalue weighted by Crippen LogP contribution is 2.56. The van der Waals surface area contributed by atoms with Crippen LogP contribution in [-0.4, -0.2) is 15.0 Å². The molecule has 63 heavy (non-hydrogen) atoms. The van der Waals surface area contributed by atoms with Crippen molar-refractivity contribution in [1.29, 1.82) is 0 Å². The van der Waals surface area contributed by atoms with E-state index in [4.69, 9.17) is 23.8 Å². The fourth-order valence-electron chi connectivity index (χ4n) is 9.93. The molecular formula is C58H35N3O2. The summed E-state index contributed by atoms with van der Waals surface area (Å²) in [5.74, 6) is 1.84. The van der Waals surface area contributed by atoms with E-state index in [1.54, 1.807) is 0 Å². The second kappa shape index (κ2) is 13.8. The summed E-state index contributed by atoms with van der Waals surface area (Å²) in [4.78, 5) is 14.8. The number of hydrogen-bond acceptors (Lipinski definition) is 5. The van der Waals surface area contributed by atoms with Crippen molar-refractivity contribution in [2.24, 2.45) is 0 Å². The maximum absolute atomic E-state index is 6.64. The first kappa shape index (κ1) is 35.4. The van der Waals surface area contributed by atoms with Crippen LogP contribution in [0.1, 0.15) is 22.3 Å². The molecule has 0 fully saturated rings. The first-order chi connectivity index (χ1) is 31.2. The van der Waals surface area contributed by atoms with E-state index in [1.807, 2.05) is 78.9 Å². The van der Waals surface area contributed by atoms with Crippen LogP contribution in [0.2, 0.25) is 0 Å². The molecule has 12 aromatic rings. The number of rotatable bonds is 6. The van der Waals surface area contributed by atoms with Gasteiger partial charge >= 0.3 is 0 Å². The molecular weight excluding hydrogens is 771 g/mol. The van der Waals surface area contributed by atoms with Crippen molar-refractivity contribution in [3.63, 3.8) is 0 Å². The average Bonchev–Trinajstić information content (AvgIpc) is 4.02. The number of para-hydroxylation sites is 1. The summed E-state index contributed by atoms with van der Waals surface area (Å²) >= 11 is 0. The summed E-state index contributed by atoms with van der Waals surface area (Å²) in [5.41, 5.74) is 15.1. The maximum atomic E-state index is 6.64. The third-order valence-electron chi connectivity index (χ3n) is 12.8. The van der Waals surface area contributed by atoms with Crippen LogP contribution in [0.15, 0.2) is 221 Å². The van der Waals surface area contributed by atoms with Gasteiger partial charge in [-0.25, -0.2) is 15.0 Å². The standard InChI is InChI=1S/C58H35N3O2/c1-3-13-37(14-4-1)55-59-56(38-15-5-2-6-16-38)61-57(60-55)40-26-31-47-46-30-25-39(33-52(46)63-53(47)34-40)36-23-27-41(28-24-36)58(49-20-10-7-17-43(49)44-18-8-11-21-50(44)58)42-29-32-48-45-19-9-12-22-51(45)62-54(48)35-42/h1-35H. The van der Waals surface area contributed by atoms with E-state index in [1.165, 1.54) is 33.4 Å². The highest BCUT2D eigenvalue weighted by atomic mass is 16.3. The molecule has 13 rings (SSSR count). The van der Waals surface area contributed by atoms with Crippen LogP contribution in [0, 0.1) is 0 Å². The zero-order valence-electron chi connectivity index (χ0n) is 33.9. The van der Waals surface area contributed by atoms with E-state index in [0.29, 0.717) is 17.5 Å². The van der Waals surface area contributed by atoms with Gasteiger partial charge in [0.1, 0.15) is 22.3 Å². The number of aromatic nitrogens is 3. The molecule has 3 heterocycles. The van der Waals surface area contributed by atoms with Gasteiger partial charge in [-0.3, -0.25) is 0 Å². The van der Waals surface area contributed by atoms with E-state index in [-0.39, 0.29) is 0 Å². The van der Waals surface area contributed by atoms with Crippen molar-refractivity contribution in [3.05, 3.63) is 235 Å². The minimum absolute atomic E-state index is 0.554. The first-order valence-electron chi connectivity index (χ1n) is 21.2. The Morgan fingerprint density at radius 3 is 1.35 bits per heavy atom. The minimum Gasteiger partial charge on any atom is -0.456 e. The summed E-state index contributed by atoms with van der Waals surface area (Å²) in [7, 11) is 0. The molecule has 5 heteroatoms. The number of hydrogen-bond donors (Lipinski definition) is 0. The molecule has 5 nitrogen and oxygen atoms in total. The van der Waals surface area contributed by atoms with E-state index in [9.17, 15) is 0 Å². The van der Waals surface area contributed by atoms with Gasteiger partial charge in [-0.15, -0.1) is 0 Å². The average molecular weight is 806 g/mol. The van der Waals surface area contributed by atoms with Crippen molar-refractivity contribution in [1.82, 2.24) is 15.0 Å². The molecule has 0 N–H and O–H groups in total. The number of furan rings is 2. The first-order valence-corrected chi connectivity index (χ1v) is 21.2. The van der Waals surface area contributed by atoms with Crippen molar-refractivity contribution >= 4 is 43.9 Å². The summed E-state index contributed by atoms with van der Waals surface area (Å²) in [6.07, 6.45) is 0. The molecule has 1 aliphatic rings. The van der Waals surface area contributed by atoms with E-state index < -0.39 is 5.41 Å². The summed E-state index contributed by atoms with van der Waals surface area (Å²) in [5, 5.41) is 4.35. The van der Waals surface area contributed by atoms with Crippen molar-refractivity contribution in [3.8, 4) is 56.4 Å². The van der Waals surface area contributed by atoms with Gasteiger partial charge in [-0.2, -0.15) is 0 Å². The Labute approximate surface area is 362 Å². The van der Waals surface area contributed by atoms with Crippen molar-refractivity contribution in [2.45, 2.75) is 5.41 Å². The second-order valence-electron chi connectivity index (χ2n) is 16.3. The zero-order chi connectivity index (χ0) is 41.5. The number of fused-ring (bicyclic) bond motifs is 9. The quantitative estimate of drug-likeness (QED) is 0.167. The normalized spacial score (nSPS) is 12.9. The Balaban J connectivity index is 0.904. The Morgan fingerprint density at radius 1 is 0.286 bits per heavy atom. The molecule has 9 aromatic carbocycles. The van der Waals surface area contributed by atoms with Gasteiger partial charge < -0.3 is 8.83 Å². The molecule has 0 atom stereocenters. The van der Waals surface area contributed by atoms with Crippen LogP contribution in [-0.2, 0) is 5.41 Å². The Bertz CT molecular complexity index is 3630. The molecule has 0 aliphatic heterocycles. The SMILES string of the molecule is c1ccc(-c2nc(-c3ccccc3)nc(-c3ccc4c(c3)oc3cc(-c5ccc(C6(c7ccc8c(c7)oc7ccccc78)c7ccccc7-c7ccccc76)cc5)ccc34)n2)cc1. The molecule has 0 radical (unpaired) electrons. The number of nitrogens with zero attached hydrogens (tertiary/aromatic N) is 3. The van der Waals surface area contributed by atoms with Crippen LogP contribution in [0.4, 0.5) is 0 Å². The van der Waals surface area contributed by atoms with Gasteiger partial charge in [-0.1, -0.05) is 176 Å². The minimum atomic E-state index is -0.554. The molecule has 0 spiro atoms.